The molecule has 1 aromatic heterocycles. The Labute approximate surface area is 222 Å². The predicted octanol–water partition coefficient (Wildman–Crippen LogP) is 2.61. The van der Waals surface area contributed by atoms with Crippen molar-refractivity contribution in [3.63, 3.8) is 0 Å². The van der Waals surface area contributed by atoms with Gasteiger partial charge >= 0.3 is 6.03 Å². The fraction of sp³-hybridized carbons (Fsp3) is 0.231. The first-order valence-corrected chi connectivity index (χ1v) is 12.5. The molecule has 3 atom stereocenters. The first kappa shape index (κ1) is 26.5. The van der Waals surface area contributed by atoms with E-state index >= 15 is 0 Å². The van der Waals surface area contributed by atoms with Crippen LogP contribution in [0.4, 0.5) is 9.93 Å². The van der Waals surface area contributed by atoms with Crippen molar-refractivity contribution in [3.05, 3.63) is 76.8 Å². The zero-order valence-electron chi connectivity index (χ0n) is 20.5. The van der Waals surface area contributed by atoms with E-state index in [0.29, 0.717) is 11.3 Å². The molecule has 0 unspecified atom stereocenters. The SMILES string of the molecule is CC(=O)c1csc(NC(=O)[C@H]([C@@H](C)c2ccccc2)N2C(=O)N[C@H](c3ccc(OCC(N)=O)cc3)C2=O)n1. The highest BCUT2D eigenvalue weighted by Crippen LogP contribution is 2.32. The molecule has 1 fully saturated rings. The van der Waals surface area contributed by atoms with Gasteiger partial charge in [0.1, 0.15) is 23.5 Å². The summed E-state index contributed by atoms with van der Waals surface area (Å²) in [5.74, 6) is -2.31. The van der Waals surface area contributed by atoms with Crippen molar-refractivity contribution in [1.29, 1.82) is 0 Å². The van der Waals surface area contributed by atoms with E-state index in [-0.39, 0.29) is 23.2 Å². The van der Waals surface area contributed by atoms with E-state index in [9.17, 15) is 24.0 Å². The lowest BCUT2D eigenvalue weighted by atomic mass is 9.91. The largest absolute Gasteiger partial charge is 0.484 e. The van der Waals surface area contributed by atoms with Gasteiger partial charge in [-0.25, -0.2) is 14.7 Å². The maximum atomic E-state index is 13.6. The maximum Gasteiger partial charge on any atom is 0.325 e. The fourth-order valence-corrected chi connectivity index (χ4v) is 4.83. The van der Waals surface area contributed by atoms with Gasteiger partial charge in [-0.05, 0) is 23.3 Å². The fourth-order valence-electron chi connectivity index (χ4n) is 4.07. The minimum atomic E-state index is -1.21. The number of carbonyl (C=O) groups is 5. The van der Waals surface area contributed by atoms with Gasteiger partial charge in [-0.2, -0.15) is 0 Å². The highest BCUT2D eigenvalue weighted by molar-refractivity contribution is 7.14. The first-order valence-electron chi connectivity index (χ1n) is 11.6. The van der Waals surface area contributed by atoms with Crippen LogP contribution in [0.25, 0.3) is 0 Å². The first-order chi connectivity index (χ1) is 18.2. The highest BCUT2D eigenvalue weighted by Gasteiger charge is 2.47. The van der Waals surface area contributed by atoms with E-state index in [4.69, 9.17) is 10.5 Å². The number of imide groups is 1. The molecule has 12 heteroatoms. The number of nitrogens with zero attached hydrogens (tertiary/aromatic N) is 2. The number of hydrogen-bond donors (Lipinski definition) is 3. The number of Topliss-reactive ketones (excluding diaryl/α,β-unsaturated/α-hetero) is 1. The van der Waals surface area contributed by atoms with Crippen LogP contribution < -0.4 is 21.1 Å². The second-order valence-corrected chi connectivity index (χ2v) is 9.50. The van der Waals surface area contributed by atoms with E-state index in [0.717, 1.165) is 21.8 Å². The zero-order valence-corrected chi connectivity index (χ0v) is 21.4. The van der Waals surface area contributed by atoms with Gasteiger partial charge in [-0.1, -0.05) is 49.4 Å². The van der Waals surface area contributed by atoms with Crippen molar-refractivity contribution in [1.82, 2.24) is 15.2 Å². The van der Waals surface area contributed by atoms with Gasteiger partial charge < -0.3 is 21.1 Å². The van der Waals surface area contributed by atoms with Gasteiger partial charge in [0.25, 0.3) is 11.8 Å². The normalized spacial score (nSPS) is 16.5. The maximum absolute atomic E-state index is 13.6. The molecule has 0 aliphatic carbocycles. The molecule has 196 valence electrons. The minimum Gasteiger partial charge on any atom is -0.484 e. The van der Waals surface area contributed by atoms with Crippen LogP contribution in [0.3, 0.4) is 0 Å². The number of nitrogens with two attached hydrogens (primary N) is 1. The second kappa shape index (κ2) is 11.2. The number of nitrogens with one attached hydrogen (secondary N) is 2. The van der Waals surface area contributed by atoms with Gasteiger partial charge in [-0.15, -0.1) is 11.3 Å². The van der Waals surface area contributed by atoms with Gasteiger partial charge in [-0.3, -0.25) is 19.2 Å². The Morgan fingerprint density at radius 1 is 1.13 bits per heavy atom. The third-order valence-electron chi connectivity index (χ3n) is 6.01. The Kier molecular flexibility index (Phi) is 7.82. The van der Waals surface area contributed by atoms with Crippen LogP contribution in [0, 0.1) is 0 Å². The monoisotopic (exact) mass is 535 g/mol. The van der Waals surface area contributed by atoms with Crippen molar-refractivity contribution in [2.45, 2.75) is 31.8 Å². The van der Waals surface area contributed by atoms with Crippen LogP contribution in [0.5, 0.6) is 5.75 Å². The van der Waals surface area contributed by atoms with Crippen LogP contribution in [-0.4, -0.2) is 52.1 Å². The van der Waals surface area contributed by atoms with Gasteiger partial charge in [0.15, 0.2) is 17.5 Å². The average molecular weight is 536 g/mol. The number of primary amides is 1. The number of aromatic nitrogens is 1. The Hall–Kier alpha value is -4.58. The summed E-state index contributed by atoms with van der Waals surface area (Å²) >= 11 is 1.07. The van der Waals surface area contributed by atoms with Crippen LogP contribution in [0.2, 0.25) is 0 Å². The standard InChI is InChI=1S/C26H25N5O6S/c1-14(16-6-4-3-5-7-16)22(23(34)30-25-28-19(13-38-25)15(2)32)31-24(35)21(29-26(31)36)17-8-10-18(11-9-17)37-12-20(27)33/h3-11,13-14,21-22H,12H2,1-2H3,(H2,27,33)(H,29,36)(H,28,30,34)/t14-,21+,22-/m0/s1. The minimum absolute atomic E-state index is 0.181. The van der Waals surface area contributed by atoms with Crippen molar-refractivity contribution in [2.75, 3.05) is 11.9 Å². The van der Waals surface area contributed by atoms with Crippen LogP contribution in [-0.2, 0) is 14.4 Å². The molecule has 0 radical (unpaired) electrons. The molecule has 1 saturated heterocycles. The molecule has 1 aliphatic heterocycles. The highest BCUT2D eigenvalue weighted by atomic mass is 32.1. The number of carbonyl (C=O) groups excluding carboxylic acids is 5. The molecule has 0 bridgehead atoms. The lowest BCUT2D eigenvalue weighted by molar-refractivity contribution is -0.134. The summed E-state index contributed by atoms with van der Waals surface area (Å²) in [4.78, 5) is 67.8. The van der Waals surface area contributed by atoms with E-state index in [1.165, 1.54) is 12.3 Å². The number of ketones is 1. The summed E-state index contributed by atoms with van der Waals surface area (Å²) in [6.45, 7) is 2.82. The van der Waals surface area contributed by atoms with Crippen molar-refractivity contribution < 1.29 is 28.7 Å². The van der Waals surface area contributed by atoms with Crippen LogP contribution >= 0.6 is 11.3 Å². The van der Waals surface area contributed by atoms with Crippen LogP contribution in [0.1, 0.15) is 47.4 Å². The summed E-state index contributed by atoms with van der Waals surface area (Å²) in [5, 5.41) is 7.01. The second-order valence-electron chi connectivity index (χ2n) is 8.64. The smallest absolute Gasteiger partial charge is 0.325 e. The van der Waals surface area contributed by atoms with E-state index in [2.05, 4.69) is 15.6 Å². The summed E-state index contributed by atoms with van der Waals surface area (Å²) in [6.07, 6.45) is 0. The van der Waals surface area contributed by atoms with Crippen molar-refractivity contribution in [3.8, 4) is 5.75 Å². The molecule has 11 nitrogen and oxygen atoms in total. The predicted molar refractivity (Wildman–Crippen MR) is 139 cm³/mol. The third-order valence-corrected chi connectivity index (χ3v) is 6.76. The molecule has 5 amide bonds. The molecule has 1 aliphatic rings. The summed E-state index contributed by atoms with van der Waals surface area (Å²) in [7, 11) is 0. The average Bonchev–Trinajstić information content (AvgIpc) is 3.48. The summed E-state index contributed by atoms with van der Waals surface area (Å²) < 4.78 is 5.24. The lowest BCUT2D eigenvalue weighted by Gasteiger charge is -2.29. The van der Waals surface area contributed by atoms with Crippen LogP contribution in [0.15, 0.2) is 60.0 Å². The van der Waals surface area contributed by atoms with Crippen molar-refractivity contribution in [2.24, 2.45) is 5.73 Å². The number of hydrogen-bond acceptors (Lipinski definition) is 8. The molecule has 38 heavy (non-hydrogen) atoms. The number of benzene rings is 2. The van der Waals surface area contributed by atoms with Gasteiger partial charge in [0.05, 0.1) is 0 Å². The Morgan fingerprint density at radius 2 is 1.82 bits per heavy atom. The number of thiazole rings is 1. The summed E-state index contributed by atoms with van der Waals surface area (Å²) in [5.41, 5.74) is 6.51. The molecule has 4 N–H and O–H groups in total. The molecule has 4 rings (SSSR count). The van der Waals surface area contributed by atoms with Crippen molar-refractivity contribution >= 4 is 46.0 Å². The third kappa shape index (κ3) is 5.70. The number of ether oxygens (including phenoxy) is 1. The number of urea groups is 1. The van der Waals surface area contributed by atoms with Gasteiger partial charge in [0, 0.05) is 18.2 Å². The molecule has 2 aromatic carbocycles. The number of amides is 5. The van der Waals surface area contributed by atoms with E-state index < -0.39 is 41.8 Å². The topological polar surface area (TPSA) is 161 Å². The Morgan fingerprint density at radius 3 is 2.42 bits per heavy atom. The Bertz CT molecular complexity index is 1370. The van der Waals surface area contributed by atoms with Gasteiger partial charge in [0.2, 0.25) is 5.91 Å². The molecular weight excluding hydrogens is 510 g/mol. The number of anilines is 1. The molecular formula is C26H25N5O6S. The van der Waals surface area contributed by atoms with E-state index in [1.807, 2.05) is 18.2 Å². The number of rotatable bonds is 10. The molecule has 3 aromatic rings. The molecule has 2 heterocycles. The molecule has 0 spiro atoms. The lowest BCUT2D eigenvalue weighted by Crippen LogP contribution is -2.50. The van der Waals surface area contributed by atoms with E-state index in [1.54, 1.807) is 43.3 Å². The Balaban J connectivity index is 1.61. The quantitative estimate of drug-likeness (QED) is 0.266. The molecule has 0 saturated carbocycles. The summed E-state index contributed by atoms with van der Waals surface area (Å²) in [6, 6.07) is 12.3. The zero-order chi connectivity index (χ0) is 27.4.